The monoisotopic (exact) mass is 297 g/mol. The number of furan rings is 1. The summed E-state index contributed by atoms with van der Waals surface area (Å²) in [4.78, 5) is 29.2. The molecular weight excluding hydrogens is 282 g/mol. The Morgan fingerprint density at radius 1 is 1.41 bits per heavy atom. The second-order valence-electron chi connectivity index (χ2n) is 5.31. The summed E-state index contributed by atoms with van der Waals surface area (Å²) < 4.78 is 5.30. The van der Waals surface area contributed by atoms with Crippen LogP contribution in [-0.4, -0.2) is 31.4 Å². The fourth-order valence-electron chi connectivity index (χ4n) is 2.74. The van der Waals surface area contributed by atoms with E-state index < -0.39 is 0 Å². The van der Waals surface area contributed by atoms with Crippen LogP contribution in [-0.2, 0) is 19.5 Å². The molecule has 0 amide bonds. The number of imidazole rings is 1. The van der Waals surface area contributed by atoms with Gasteiger partial charge in [0.25, 0.3) is 5.56 Å². The first-order chi connectivity index (χ1) is 10.8. The second-order valence-corrected chi connectivity index (χ2v) is 5.31. The van der Waals surface area contributed by atoms with Gasteiger partial charge in [0.05, 0.1) is 24.1 Å². The summed E-state index contributed by atoms with van der Waals surface area (Å²) in [6, 6.07) is 3.57. The lowest BCUT2D eigenvalue weighted by Gasteiger charge is -2.26. The summed E-state index contributed by atoms with van der Waals surface area (Å²) in [6.07, 6.45) is 5.85. The molecule has 0 bridgehead atoms. The maximum absolute atomic E-state index is 12.3. The van der Waals surface area contributed by atoms with E-state index in [2.05, 4.69) is 24.8 Å². The molecule has 1 aliphatic rings. The summed E-state index contributed by atoms with van der Waals surface area (Å²) >= 11 is 0. The lowest BCUT2D eigenvalue weighted by molar-refractivity contribution is 0.236. The second kappa shape index (κ2) is 5.27. The van der Waals surface area contributed by atoms with E-state index >= 15 is 0 Å². The van der Waals surface area contributed by atoms with Crippen molar-refractivity contribution in [1.82, 2.24) is 24.8 Å². The first-order valence-electron chi connectivity index (χ1n) is 7.16. The third kappa shape index (κ3) is 2.35. The lowest BCUT2D eigenvalue weighted by atomic mass is 10.1. The van der Waals surface area contributed by atoms with Crippen molar-refractivity contribution in [3.05, 3.63) is 58.2 Å². The van der Waals surface area contributed by atoms with Crippen molar-refractivity contribution in [2.45, 2.75) is 19.5 Å². The molecule has 2 N–H and O–H groups in total. The molecule has 0 aliphatic carbocycles. The summed E-state index contributed by atoms with van der Waals surface area (Å²) in [5.74, 6) is 1.98. The number of hydrogen-bond donors (Lipinski definition) is 2. The van der Waals surface area contributed by atoms with Crippen LogP contribution in [0, 0.1) is 0 Å². The summed E-state index contributed by atoms with van der Waals surface area (Å²) in [5.41, 5.74) is 1.49. The van der Waals surface area contributed by atoms with Crippen LogP contribution in [0.25, 0.3) is 11.6 Å². The number of aromatic amines is 2. The van der Waals surface area contributed by atoms with Gasteiger partial charge < -0.3 is 14.4 Å². The van der Waals surface area contributed by atoms with Crippen LogP contribution in [0.5, 0.6) is 0 Å². The molecule has 3 aromatic heterocycles. The van der Waals surface area contributed by atoms with E-state index in [9.17, 15) is 4.79 Å². The zero-order chi connectivity index (χ0) is 14.9. The average molecular weight is 297 g/mol. The van der Waals surface area contributed by atoms with Gasteiger partial charge in [-0.2, -0.15) is 0 Å². The Balaban J connectivity index is 1.61. The molecule has 7 heteroatoms. The van der Waals surface area contributed by atoms with E-state index in [0.717, 1.165) is 30.0 Å². The Bertz CT molecular complexity index is 820. The molecular formula is C15H15N5O2. The van der Waals surface area contributed by atoms with Gasteiger partial charge >= 0.3 is 0 Å². The van der Waals surface area contributed by atoms with Crippen molar-refractivity contribution in [2.24, 2.45) is 0 Å². The number of hydrogen-bond acceptors (Lipinski definition) is 5. The zero-order valence-electron chi connectivity index (χ0n) is 11.9. The van der Waals surface area contributed by atoms with Gasteiger partial charge in [-0.05, 0) is 12.1 Å². The van der Waals surface area contributed by atoms with Gasteiger partial charge in [-0.3, -0.25) is 9.69 Å². The van der Waals surface area contributed by atoms with Crippen molar-refractivity contribution in [3.8, 4) is 11.6 Å². The van der Waals surface area contributed by atoms with Crippen LogP contribution >= 0.6 is 0 Å². The standard InChI is InChI=1S/C15H15N5O2/c21-15-10-8-20(9-13-16-4-5-17-13)6-3-11(10)18-14(19-15)12-2-1-7-22-12/h1-2,4-5,7H,3,6,8-9H2,(H,16,17)(H,18,19,21). The van der Waals surface area contributed by atoms with Crippen LogP contribution in [0.3, 0.4) is 0 Å². The minimum atomic E-state index is -0.0967. The molecule has 7 nitrogen and oxygen atoms in total. The normalized spacial score (nSPS) is 14.9. The number of H-pyrrole nitrogens is 2. The Hall–Kier alpha value is -2.67. The molecule has 0 atom stereocenters. The highest BCUT2D eigenvalue weighted by Crippen LogP contribution is 2.19. The summed E-state index contributed by atoms with van der Waals surface area (Å²) in [5, 5.41) is 0. The quantitative estimate of drug-likeness (QED) is 0.760. The number of rotatable bonds is 3. The largest absolute Gasteiger partial charge is 0.461 e. The zero-order valence-corrected chi connectivity index (χ0v) is 11.9. The third-order valence-corrected chi connectivity index (χ3v) is 3.83. The first-order valence-corrected chi connectivity index (χ1v) is 7.16. The molecule has 112 valence electrons. The van der Waals surface area contributed by atoms with Gasteiger partial charge in [-0.1, -0.05) is 0 Å². The summed E-state index contributed by atoms with van der Waals surface area (Å²) in [6.45, 7) is 2.13. The Morgan fingerprint density at radius 2 is 2.36 bits per heavy atom. The molecule has 0 saturated carbocycles. The van der Waals surface area contributed by atoms with Crippen LogP contribution in [0.4, 0.5) is 0 Å². The predicted molar refractivity (Wildman–Crippen MR) is 79.0 cm³/mol. The van der Waals surface area contributed by atoms with Crippen LogP contribution < -0.4 is 5.56 Å². The van der Waals surface area contributed by atoms with Gasteiger partial charge in [0.15, 0.2) is 11.6 Å². The highest BCUT2D eigenvalue weighted by Gasteiger charge is 2.22. The molecule has 22 heavy (non-hydrogen) atoms. The average Bonchev–Trinajstić information content (AvgIpc) is 3.20. The van der Waals surface area contributed by atoms with E-state index in [4.69, 9.17) is 4.42 Å². The van der Waals surface area contributed by atoms with Crippen LogP contribution in [0.2, 0.25) is 0 Å². The molecule has 0 aromatic carbocycles. The third-order valence-electron chi connectivity index (χ3n) is 3.83. The van der Waals surface area contributed by atoms with Gasteiger partial charge in [-0.25, -0.2) is 9.97 Å². The Kier molecular flexibility index (Phi) is 3.12. The van der Waals surface area contributed by atoms with Gasteiger partial charge in [0.2, 0.25) is 0 Å². The predicted octanol–water partition coefficient (Wildman–Crippen LogP) is 1.31. The van der Waals surface area contributed by atoms with Gasteiger partial charge in [0.1, 0.15) is 5.82 Å². The van der Waals surface area contributed by atoms with Crippen molar-refractivity contribution >= 4 is 0 Å². The summed E-state index contributed by atoms with van der Waals surface area (Å²) in [7, 11) is 0. The van der Waals surface area contributed by atoms with E-state index in [1.807, 2.05) is 0 Å². The van der Waals surface area contributed by atoms with E-state index in [1.54, 1.807) is 30.8 Å². The van der Waals surface area contributed by atoms with E-state index in [0.29, 0.717) is 24.7 Å². The minimum Gasteiger partial charge on any atom is -0.461 e. The lowest BCUT2D eigenvalue weighted by Crippen LogP contribution is -2.35. The van der Waals surface area contributed by atoms with Gasteiger partial charge in [0, 0.05) is 31.9 Å². The molecule has 0 fully saturated rings. The number of aromatic nitrogens is 4. The minimum absolute atomic E-state index is 0.0967. The Labute approximate surface area is 126 Å². The topological polar surface area (TPSA) is 90.8 Å². The SMILES string of the molecule is O=c1[nH]c(-c2ccco2)nc2c1CN(Cc1ncc[nH]1)CC2. The number of fused-ring (bicyclic) bond motifs is 1. The highest BCUT2D eigenvalue weighted by molar-refractivity contribution is 5.46. The molecule has 0 spiro atoms. The fourth-order valence-corrected chi connectivity index (χ4v) is 2.74. The smallest absolute Gasteiger partial charge is 0.256 e. The van der Waals surface area contributed by atoms with E-state index in [-0.39, 0.29) is 5.56 Å². The van der Waals surface area contributed by atoms with E-state index in [1.165, 1.54) is 0 Å². The van der Waals surface area contributed by atoms with Crippen molar-refractivity contribution in [1.29, 1.82) is 0 Å². The molecule has 3 aromatic rings. The molecule has 4 rings (SSSR count). The van der Waals surface area contributed by atoms with Gasteiger partial charge in [-0.15, -0.1) is 0 Å². The van der Waals surface area contributed by atoms with Crippen LogP contribution in [0.15, 0.2) is 40.0 Å². The number of nitrogens with one attached hydrogen (secondary N) is 2. The molecule has 4 heterocycles. The molecule has 0 unspecified atom stereocenters. The molecule has 0 saturated heterocycles. The Morgan fingerprint density at radius 3 is 3.14 bits per heavy atom. The number of nitrogens with zero attached hydrogens (tertiary/aromatic N) is 3. The molecule has 0 radical (unpaired) electrons. The maximum Gasteiger partial charge on any atom is 0.256 e. The van der Waals surface area contributed by atoms with Crippen molar-refractivity contribution < 1.29 is 4.42 Å². The van der Waals surface area contributed by atoms with Crippen molar-refractivity contribution in [3.63, 3.8) is 0 Å². The molecule has 1 aliphatic heterocycles. The highest BCUT2D eigenvalue weighted by atomic mass is 16.3. The van der Waals surface area contributed by atoms with Crippen molar-refractivity contribution in [2.75, 3.05) is 6.54 Å². The first kappa shape index (κ1) is 13.0. The van der Waals surface area contributed by atoms with Crippen LogP contribution in [0.1, 0.15) is 17.1 Å². The fraction of sp³-hybridized carbons (Fsp3) is 0.267. The maximum atomic E-state index is 12.3.